The van der Waals surface area contributed by atoms with Gasteiger partial charge in [0.15, 0.2) is 5.13 Å². The summed E-state index contributed by atoms with van der Waals surface area (Å²) >= 11 is 1.81. The third-order valence-electron chi connectivity index (χ3n) is 2.59. The first-order valence-corrected chi connectivity index (χ1v) is 6.98. The molecule has 92 valence electrons. The van der Waals surface area contributed by atoms with E-state index >= 15 is 0 Å². The minimum absolute atomic E-state index is 0.414. The third kappa shape index (κ3) is 3.46. The van der Waals surface area contributed by atoms with E-state index in [1.165, 1.54) is 11.3 Å². The van der Waals surface area contributed by atoms with Gasteiger partial charge in [0.25, 0.3) is 0 Å². The first-order valence-electron chi connectivity index (χ1n) is 6.16. The van der Waals surface area contributed by atoms with Crippen molar-refractivity contribution < 1.29 is 0 Å². The summed E-state index contributed by atoms with van der Waals surface area (Å²) in [6.07, 6.45) is 3.18. The van der Waals surface area contributed by atoms with Crippen molar-refractivity contribution in [3.8, 4) is 0 Å². The highest BCUT2D eigenvalue weighted by atomic mass is 32.1. The Kier molecular flexibility index (Phi) is 5.77. The van der Waals surface area contributed by atoms with Crippen LogP contribution in [0.2, 0.25) is 0 Å². The summed E-state index contributed by atoms with van der Waals surface area (Å²) < 4.78 is 0. The zero-order valence-electron chi connectivity index (χ0n) is 10.8. The predicted molar refractivity (Wildman–Crippen MR) is 72.4 cm³/mol. The molecule has 0 bridgehead atoms. The Hall–Kier alpha value is -0.610. The first kappa shape index (κ1) is 13.5. The number of hydrogen-bond acceptors (Lipinski definition) is 4. The van der Waals surface area contributed by atoms with E-state index in [4.69, 9.17) is 0 Å². The van der Waals surface area contributed by atoms with Gasteiger partial charge in [-0.25, -0.2) is 4.98 Å². The Morgan fingerprint density at radius 2 is 2.19 bits per heavy atom. The van der Waals surface area contributed by atoms with Gasteiger partial charge in [0, 0.05) is 30.2 Å². The number of aromatic nitrogens is 1. The number of thiazole rings is 1. The quantitative estimate of drug-likeness (QED) is 0.795. The number of rotatable bonds is 7. The topological polar surface area (TPSA) is 28.2 Å². The van der Waals surface area contributed by atoms with Crippen molar-refractivity contribution in [3.63, 3.8) is 0 Å². The lowest BCUT2D eigenvalue weighted by Crippen LogP contribution is -2.23. The molecule has 0 aliphatic rings. The zero-order chi connectivity index (χ0) is 12.0. The molecule has 4 heteroatoms. The number of nitrogens with zero attached hydrogens (tertiary/aromatic N) is 2. The molecular weight excluding hydrogens is 218 g/mol. The van der Waals surface area contributed by atoms with Gasteiger partial charge in [0.1, 0.15) is 0 Å². The minimum atomic E-state index is 0.414. The second-order valence-corrected chi connectivity index (χ2v) is 4.94. The van der Waals surface area contributed by atoms with E-state index in [9.17, 15) is 0 Å². The third-order valence-corrected chi connectivity index (χ3v) is 3.84. The molecule has 0 amide bonds. The summed E-state index contributed by atoms with van der Waals surface area (Å²) in [5.41, 5.74) is 0. The molecular formula is C12H23N3S. The van der Waals surface area contributed by atoms with Gasteiger partial charge in [-0.2, -0.15) is 0 Å². The molecule has 1 heterocycles. The minimum Gasteiger partial charge on any atom is -0.348 e. The predicted octanol–water partition coefficient (Wildman–Crippen LogP) is 3.05. The van der Waals surface area contributed by atoms with E-state index in [0.29, 0.717) is 6.04 Å². The van der Waals surface area contributed by atoms with Gasteiger partial charge in [-0.1, -0.05) is 13.8 Å². The SMILES string of the molecule is CCCN(CC)c1ncc(C(C)NCC)s1. The van der Waals surface area contributed by atoms with Gasteiger partial charge in [-0.05, 0) is 26.8 Å². The van der Waals surface area contributed by atoms with Crippen LogP contribution in [0.25, 0.3) is 0 Å². The monoisotopic (exact) mass is 241 g/mol. The molecule has 1 unspecified atom stereocenters. The van der Waals surface area contributed by atoms with E-state index in [1.54, 1.807) is 11.3 Å². The van der Waals surface area contributed by atoms with Crippen molar-refractivity contribution in [2.45, 2.75) is 40.2 Å². The van der Waals surface area contributed by atoms with Crippen molar-refractivity contribution in [2.75, 3.05) is 24.5 Å². The van der Waals surface area contributed by atoms with Crippen molar-refractivity contribution in [2.24, 2.45) is 0 Å². The second-order valence-electron chi connectivity index (χ2n) is 3.90. The fourth-order valence-corrected chi connectivity index (χ4v) is 2.72. The molecule has 0 aromatic carbocycles. The molecule has 1 rings (SSSR count). The van der Waals surface area contributed by atoms with Crippen LogP contribution in [0.5, 0.6) is 0 Å². The average Bonchev–Trinajstić information content (AvgIpc) is 2.75. The summed E-state index contributed by atoms with van der Waals surface area (Å²) in [4.78, 5) is 8.18. The standard InChI is InChI=1S/C12H23N3S/c1-5-8-15(7-3)12-14-9-11(16-12)10(4)13-6-2/h9-10,13H,5-8H2,1-4H3. The lowest BCUT2D eigenvalue weighted by atomic mass is 10.3. The summed E-state index contributed by atoms with van der Waals surface area (Å²) in [6, 6.07) is 0.414. The molecule has 0 fully saturated rings. The molecule has 0 saturated heterocycles. The fraction of sp³-hybridized carbons (Fsp3) is 0.750. The van der Waals surface area contributed by atoms with E-state index in [2.05, 4.69) is 42.9 Å². The average molecular weight is 241 g/mol. The molecule has 16 heavy (non-hydrogen) atoms. The molecule has 0 aliphatic carbocycles. The summed E-state index contributed by atoms with van der Waals surface area (Å²) in [5, 5.41) is 4.57. The number of anilines is 1. The normalized spacial score (nSPS) is 12.8. The maximum Gasteiger partial charge on any atom is 0.185 e. The highest BCUT2D eigenvalue weighted by Gasteiger charge is 2.12. The van der Waals surface area contributed by atoms with Gasteiger partial charge in [-0.3, -0.25) is 0 Å². The lowest BCUT2D eigenvalue weighted by molar-refractivity contribution is 0.606. The van der Waals surface area contributed by atoms with Crippen molar-refractivity contribution >= 4 is 16.5 Å². The molecule has 0 spiro atoms. The van der Waals surface area contributed by atoms with E-state index in [-0.39, 0.29) is 0 Å². The second kappa shape index (κ2) is 6.86. The van der Waals surface area contributed by atoms with Gasteiger partial charge >= 0.3 is 0 Å². The number of hydrogen-bond donors (Lipinski definition) is 1. The maximum absolute atomic E-state index is 4.51. The van der Waals surface area contributed by atoms with Crippen molar-refractivity contribution in [1.29, 1.82) is 0 Å². The number of nitrogens with one attached hydrogen (secondary N) is 1. The molecule has 1 aromatic rings. The van der Waals surface area contributed by atoms with Gasteiger partial charge in [0.05, 0.1) is 0 Å². The van der Waals surface area contributed by atoms with Gasteiger partial charge in [0.2, 0.25) is 0 Å². The van der Waals surface area contributed by atoms with Gasteiger partial charge < -0.3 is 10.2 Å². The summed E-state index contributed by atoms with van der Waals surface area (Å²) in [6.45, 7) is 11.9. The van der Waals surface area contributed by atoms with Crippen LogP contribution in [0.1, 0.15) is 45.0 Å². The Morgan fingerprint density at radius 1 is 1.44 bits per heavy atom. The Morgan fingerprint density at radius 3 is 2.75 bits per heavy atom. The van der Waals surface area contributed by atoms with Crippen LogP contribution >= 0.6 is 11.3 Å². The Balaban J connectivity index is 2.68. The lowest BCUT2D eigenvalue weighted by Gasteiger charge is -2.18. The zero-order valence-corrected chi connectivity index (χ0v) is 11.6. The molecule has 0 radical (unpaired) electrons. The van der Waals surface area contributed by atoms with Crippen LogP contribution in [-0.4, -0.2) is 24.6 Å². The smallest absolute Gasteiger partial charge is 0.185 e. The first-order chi connectivity index (χ1) is 7.72. The molecule has 1 atom stereocenters. The van der Waals surface area contributed by atoms with E-state index < -0.39 is 0 Å². The van der Waals surface area contributed by atoms with Crippen LogP contribution in [0.3, 0.4) is 0 Å². The van der Waals surface area contributed by atoms with E-state index in [1.807, 2.05) is 6.20 Å². The van der Waals surface area contributed by atoms with Crippen molar-refractivity contribution in [3.05, 3.63) is 11.1 Å². The Bertz CT molecular complexity index is 298. The van der Waals surface area contributed by atoms with Crippen LogP contribution in [0.15, 0.2) is 6.20 Å². The highest BCUT2D eigenvalue weighted by Crippen LogP contribution is 2.27. The molecule has 3 nitrogen and oxygen atoms in total. The van der Waals surface area contributed by atoms with Crippen LogP contribution in [0.4, 0.5) is 5.13 Å². The maximum atomic E-state index is 4.51. The highest BCUT2D eigenvalue weighted by molar-refractivity contribution is 7.15. The Labute approximate surface area is 103 Å². The molecule has 1 N–H and O–H groups in total. The fourth-order valence-electron chi connectivity index (χ4n) is 1.69. The van der Waals surface area contributed by atoms with E-state index in [0.717, 1.165) is 24.8 Å². The van der Waals surface area contributed by atoms with Crippen LogP contribution in [0, 0.1) is 0 Å². The molecule has 0 aliphatic heterocycles. The largest absolute Gasteiger partial charge is 0.348 e. The van der Waals surface area contributed by atoms with Crippen LogP contribution < -0.4 is 10.2 Å². The van der Waals surface area contributed by atoms with Crippen molar-refractivity contribution in [1.82, 2.24) is 10.3 Å². The summed E-state index contributed by atoms with van der Waals surface area (Å²) in [5.74, 6) is 0. The summed E-state index contributed by atoms with van der Waals surface area (Å²) in [7, 11) is 0. The molecule has 1 aromatic heterocycles. The van der Waals surface area contributed by atoms with Crippen LogP contribution in [-0.2, 0) is 0 Å². The van der Waals surface area contributed by atoms with Gasteiger partial charge in [-0.15, -0.1) is 11.3 Å². The molecule has 0 saturated carbocycles.